The van der Waals surface area contributed by atoms with Crippen molar-refractivity contribution in [2.45, 2.75) is 98.2 Å². The maximum atomic E-state index is 10.4. The van der Waals surface area contributed by atoms with Gasteiger partial charge in [-0.1, -0.05) is 0 Å². The van der Waals surface area contributed by atoms with Crippen molar-refractivity contribution in [1.29, 1.82) is 0 Å². The molecular weight excluding hydrogens is 451 g/mol. The number of ether oxygens (including phenoxy) is 1. The molecule has 0 spiro atoms. The Morgan fingerprint density at radius 1 is 0.929 bits per heavy atom. The second-order valence-corrected chi connectivity index (χ2v) is 21.3. The number of hydrogen-bond donors (Lipinski definition) is 1. The molecule has 0 heterocycles. The Hall–Kier alpha value is -0.321. The quantitative estimate of drug-likeness (QED) is 0.182. The van der Waals surface area contributed by atoms with Crippen molar-refractivity contribution < 1.29 is 9.84 Å². The van der Waals surface area contributed by atoms with Gasteiger partial charge in [0.25, 0.3) is 0 Å². The fourth-order valence-electron chi connectivity index (χ4n) is 3.79. The van der Waals surface area contributed by atoms with E-state index in [0.717, 1.165) is 12.8 Å². The van der Waals surface area contributed by atoms with Crippen molar-refractivity contribution in [3.63, 3.8) is 0 Å². The van der Waals surface area contributed by atoms with Crippen molar-refractivity contribution in [3.8, 4) is 0 Å². The molecule has 160 valence electrons. The Bertz CT molecular complexity index is 479. The SMILES string of the molecule is CCC[CH2][Sn](/[CH]=C/C[C@@H](O)CCOCc1ccccc1)([CH2]CCC)[CH2]CCC. The molecular formula is C25H44O2Sn. The van der Waals surface area contributed by atoms with Gasteiger partial charge in [-0.3, -0.25) is 0 Å². The number of aliphatic hydroxyl groups excluding tert-OH is 1. The predicted octanol–water partition coefficient (Wildman–Crippen LogP) is 7.29. The molecule has 2 nitrogen and oxygen atoms in total. The monoisotopic (exact) mass is 496 g/mol. The Labute approximate surface area is 178 Å². The minimum atomic E-state index is -2.19. The summed E-state index contributed by atoms with van der Waals surface area (Å²) in [5.41, 5.74) is 1.19. The van der Waals surface area contributed by atoms with E-state index < -0.39 is 18.4 Å². The van der Waals surface area contributed by atoms with E-state index in [0.29, 0.717) is 13.2 Å². The summed E-state index contributed by atoms with van der Waals surface area (Å²) in [4.78, 5) is 0. The van der Waals surface area contributed by atoms with E-state index in [-0.39, 0.29) is 6.10 Å². The summed E-state index contributed by atoms with van der Waals surface area (Å²) in [6, 6.07) is 10.2. The molecule has 0 aliphatic carbocycles. The van der Waals surface area contributed by atoms with Crippen molar-refractivity contribution in [1.82, 2.24) is 0 Å². The number of aliphatic hydroxyl groups is 1. The molecule has 1 atom stereocenters. The molecule has 1 aromatic rings. The van der Waals surface area contributed by atoms with E-state index in [9.17, 15) is 5.11 Å². The van der Waals surface area contributed by atoms with Gasteiger partial charge < -0.3 is 0 Å². The third-order valence-corrected chi connectivity index (χ3v) is 19.9. The first kappa shape index (κ1) is 25.7. The number of rotatable bonds is 17. The van der Waals surface area contributed by atoms with E-state index >= 15 is 0 Å². The third kappa shape index (κ3) is 11.6. The van der Waals surface area contributed by atoms with Gasteiger partial charge >= 0.3 is 179 Å². The van der Waals surface area contributed by atoms with Gasteiger partial charge in [-0.15, -0.1) is 0 Å². The van der Waals surface area contributed by atoms with Crippen LogP contribution in [0.15, 0.2) is 40.5 Å². The van der Waals surface area contributed by atoms with Crippen LogP contribution in [0.3, 0.4) is 0 Å². The van der Waals surface area contributed by atoms with Gasteiger partial charge in [0.15, 0.2) is 0 Å². The normalized spacial score (nSPS) is 13.3. The van der Waals surface area contributed by atoms with Gasteiger partial charge in [0.2, 0.25) is 0 Å². The van der Waals surface area contributed by atoms with E-state index in [2.05, 4.69) is 43.1 Å². The molecule has 0 aliphatic heterocycles. The van der Waals surface area contributed by atoms with Crippen molar-refractivity contribution >= 4 is 18.4 Å². The summed E-state index contributed by atoms with van der Waals surface area (Å²) < 4.78 is 12.9. The molecule has 1 rings (SSSR count). The molecule has 0 bridgehead atoms. The van der Waals surface area contributed by atoms with Gasteiger partial charge in [-0.2, -0.15) is 0 Å². The second kappa shape index (κ2) is 16.5. The first-order valence-electron chi connectivity index (χ1n) is 11.6. The molecule has 3 heteroatoms. The molecule has 0 fully saturated rings. The summed E-state index contributed by atoms with van der Waals surface area (Å²) in [6.07, 6.45) is 11.7. The Morgan fingerprint density at radius 3 is 2.04 bits per heavy atom. The summed E-state index contributed by atoms with van der Waals surface area (Å²) in [5, 5.41) is 10.4. The molecule has 1 aromatic carbocycles. The zero-order valence-electron chi connectivity index (χ0n) is 18.7. The average molecular weight is 495 g/mol. The summed E-state index contributed by atoms with van der Waals surface area (Å²) >= 11 is -2.19. The fraction of sp³-hybridized carbons (Fsp3) is 0.680. The zero-order valence-corrected chi connectivity index (χ0v) is 21.5. The Morgan fingerprint density at radius 2 is 1.50 bits per heavy atom. The standard InChI is InChI=1S/C13H17O2.3C4H9.Sn/c1-2-6-13(14)9-10-15-11-12-7-4-3-5-8-12;3*1-3-4-2;/h1-5,7-8,13-14H,6,9-11H2;3*1,3-4H2,2H3;/t13-;;;;/m1..../s1. The van der Waals surface area contributed by atoms with Crippen LogP contribution in [-0.2, 0) is 11.3 Å². The topological polar surface area (TPSA) is 29.5 Å². The van der Waals surface area contributed by atoms with Gasteiger partial charge in [0.05, 0.1) is 0 Å². The molecule has 28 heavy (non-hydrogen) atoms. The molecule has 0 amide bonds. The van der Waals surface area contributed by atoms with Crippen LogP contribution >= 0.6 is 0 Å². The molecule has 0 radical (unpaired) electrons. The molecule has 0 saturated heterocycles. The van der Waals surface area contributed by atoms with Crippen molar-refractivity contribution in [2.24, 2.45) is 0 Å². The summed E-state index contributed by atoms with van der Waals surface area (Å²) in [6.45, 7) is 8.21. The molecule has 0 saturated carbocycles. The molecule has 0 aliphatic rings. The van der Waals surface area contributed by atoms with Gasteiger partial charge in [0.1, 0.15) is 0 Å². The first-order chi connectivity index (χ1) is 13.7. The number of hydrogen-bond acceptors (Lipinski definition) is 2. The van der Waals surface area contributed by atoms with Crippen LogP contribution in [0.2, 0.25) is 13.3 Å². The van der Waals surface area contributed by atoms with Crippen LogP contribution in [0.5, 0.6) is 0 Å². The summed E-state index contributed by atoms with van der Waals surface area (Å²) in [5.74, 6) is 0. The van der Waals surface area contributed by atoms with E-state index in [1.807, 2.05) is 18.2 Å². The van der Waals surface area contributed by atoms with Gasteiger partial charge in [-0.25, -0.2) is 0 Å². The predicted molar refractivity (Wildman–Crippen MR) is 125 cm³/mol. The van der Waals surface area contributed by atoms with E-state index in [1.54, 1.807) is 0 Å². The van der Waals surface area contributed by atoms with Gasteiger partial charge in [0, 0.05) is 0 Å². The zero-order chi connectivity index (χ0) is 20.5. The number of unbranched alkanes of at least 4 members (excludes halogenated alkanes) is 3. The van der Waals surface area contributed by atoms with Crippen LogP contribution in [-0.4, -0.2) is 36.2 Å². The molecule has 1 N–H and O–H groups in total. The fourth-order valence-corrected chi connectivity index (χ4v) is 18.2. The third-order valence-electron chi connectivity index (χ3n) is 5.67. The summed E-state index contributed by atoms with van der Waals surface area (Å²) in [7, 11) is 0. The number of benzene rings is 1. The van der Waals surface area contributed by atoms with Crippen LogP contribution in [0.1, 0.15) is 77.7 Å². The van der Waals surface area contributed by atoms with E-state index in [4.69, 9.17) is 4.74 Å². The van der Waals surface area contributed by atoms with Crippen molar-refractivity contribution in [2.75, 3.05) is 6.61 Å². The van der Waals surface area contributed by atoms with Crippen molar-refractivity contribution in [3.05, 3.63) is 46.1 Å². The van der Waals surface area contributed by atoms with Crippen LogP contribution in [0.25, 0.3) is 0 Å². The Kier molecular flexibility index (Phi) is 15.1. The Balaban J connectivity index is 2.44. The molecule has 0 aromatic heterocycles. The van der Waals surface area contributed by atoms with Crippen LogP contribution in [0.4, 0.5) is 0 Å². The van der Waals surface area contributed by atoms with Crippen LogP contribution in [0, 0.1) is 0 Å². The minimum absolute atomic E-state index is 0.278. The van der Waals surface area contributed by atoms with E-state index in [1.165, 1.54) is 57.4 Å². The average Bonchev–Trinajstić information content (AvgIpc) is 2.72. The van der Waals surface area contributed by atoms with Gasteiger partial charge in [-0.05, 0) is 0 Å². The second-order valence-electron chi connectivity index (χ2n) is 8.29. The molecule has 0 unspecified atom stereocenters. The maximum absolute atomic E-state index is 10.4. The van der Waals surface area contributed by atoms with Crippen LogP contribution < -0.4 is 0 Å². The first-order valence-corrected chi connectivity index (χ1v) is 19.3.